The zero-order valence-electron chi connectivity index (χ0n) is 16.1. The van der Waals surface area contributed by atoms with E-state index < -0.39 is 0 Å². The van der Waals surface area contributed by atoms with E-state index in [0.29, 0.717) is 11.5 Å². The van der Waals surface area contributed by atoms with Crippen molar-refractivity contribution in [2.24, 2.45) is 0 Å². The first-order valence-electron chi connectivity index (χ1n) is 9.18. The molecule has 0 spiro atoms. The fourth-order valence-corrected chi connectivity index (χ4v) is 3.23. The number of rotatable bonds is 4. The molecule has 1 N–H and O–H groups in total. The van der Waals surface area contributed by atoms with Gasteiger partial charge in [0.2, 0.25) is 5.82 Å². The third-order valence-electron chi connectivity index (χ3n) is 4.47. The number of carbonyl (C=O) groups excluding carboxylic acids is 1. The van der Waals surface area contributed by atoms with Crippen LogP contribution < -0.4 is 5.32 Å². The Hall–Kier alpha value is -3.25. The van der Waals surface area contributed by atoms with Crippen molar-refractivity contribution >= 4 is 27.5 Å². The Balaban J connectivity index is 1.75. The Kier molecular flexibility index (Phi) is 5.27. The SMILES string of the molecule is Cc1ccc(-n2nc(C(=O)Nc3cccc(C)c3)nc2-c2ccc(Br)cc2)cc1. The molecule has 3 aromatic carbocycles. The topological polar surface area (TPSA) is 59.8 Å². The van der Waals surface area contributed by atoms with Crippen molar-refractivity contribution in [1.82, 2.24) is 14.8 Å². The van der Waals surface area contributed by atoms with Gasteiger partial charge in [0.15, 0.2) is 5.82 Å². The van der Waals surface area contributed by atoms with E-state index in [1.807, 2.05) is 86.6 Å². The number of anilines is 1. The summed E-state index contributed by atoms with van der Waals surface area (Å²) in [6, 6.07) is 23.4. The molecular formula is C23H19BrN4O. The molecule has 29 heavy (non-hydrogen) atoms. The largest absolute Gasteiger partial charge is 0.319 e. The predicted molar refractivity (Wildman–Crippen MR) is 118 cm³/mol. The van der Waals surface area contributed by atoms with Crippen molar-refractivity contribution in [3.05, 3.63) is 94.2 Å². The van der Waals surface area contributed by atoms with Crippen LogP contribution in [-0.2, 0) is 0 Å². The van der Waals surface area contributed by atoms with Crippen LogP contribution in [0.25, 0.3) is 17.1 Å². The Bertz CT molecular complexity index is 1100. The summed E-state index contributed by atoms with van der Waals surface area (Å²) in [5.41, 5.74) is 4.64. The summed E-state index contributed by atoms with van der Waals surface area (Å²) in [7, 11) is 0. The fraction of sp³-hybridized carbons (Fsp3) is 0.0870. The van der Waals surface area contributed by atoms with E-state index in [4.69, 9.17) is 0 Å². The number of nitrogens with zero attached hydrogens (tertiary/aromatic N) is 3. The van der Waals surface area contributed by atoms with E-state index in [-0.39, 0.29) is 11.7 Å². The molecule has 0 saturated carbocycles. The Labute approximate surface area is 177 Å². The molecule has 0 fully saturated rings. The molecule has 5 nitrogen and oxygen atoms in total. The molecule has 0 saturated heterocycles. The highest BCUT2D eigenvalue weighted by Crippen LogP contribution is 2.24. The summed E-state index contributed by atoms with van der Waals surface area (Å²) in [6.07, 6.45) is 0. The monoisotopic (exact) mass is 446 g/mol. The van der Waals surface area contributed by atoms with Gasteiger partial charge in [0.05, 0.1) is 5.69 Å². The van der Waals surface area contributed by atoms with Crippen LogP contribution in [0.5, 0.6) is 0 Å². The number of nitrogens with one attached hydrogen (secondary N) is 1. The first-order valence-corrected chi connectivity index (χ1v) is 9.97. The average Bonchev–Trinajstić information content (AvgIpc) is 3.15. The van der Waals surface area contributed by atoms with Gasteiger partial charge in [0.1, 0.15) is 0 Å². The molecule has 0 atom stereocenters. The molecule has 1 aromatic heterocycles. The van der Waals surface area contributed by atoms with Gasteiger partial charge in [-0.15, -0.1) is 5.10 Å². The molecule has 0 aliphatic carbocycles. The van der Waals surface area contributed by atoms with Crippen molar-refractivity contribution in [3.8, 4) is 17.1 Å². The third-order valence-corrected chi connectivity index (χ3v) is 5.00. The second-order valence-corrected chi connectivity index (χ2v) is 7.75. The lowest BCUT2D eigenvalue weighted by Crippen LogP contribution is -2.14. The molecule has 0 bridgehead atoms. The second kappa shape index (κ2) is 8.01. The van der Waals surface area contributed by atoms with Gasteiger partial charge in [-0.1, -0.05) is 57.9 Å². The summed E-state index contributed by atoms with van der Waals surface area (Å²) < 4.78 is 2.67. The summed E-state index contributed by atoms with van der Waals surface area (Å²) in [5, 5.41) is 7.39. The molecule has 0 aliphatic heterocycles. The van der Waals surface area contributed by atoms with Gasteiger partial charge in [0, 0.05) is 15.7 Å². The number of benzene rings is 3. The maximum Gasteiger partial charge on any atom is 0.295 e. The molecule has 1 heterocycles. The van der Waals surface area contributed by atoms with Crippen LogP contribution in [0.2, 0.25) is 0 Å². The predicted octanol–water partition coefficient (Wildman–Crippen LogP) is 5.57. The minimum absolute atomic E-state index is 0.116. The first-order chi connectivity index (χ1) is 14.0. The highest BCUT2D eigenvalue weighted by molar-refractivity contribution is 9.10. The highest BCUT2D eigenvalue weighted by Gasteiger charge is 2.19. The van der Waals surface area contributed by atoms with Crippen LogP contribution in [0.15, 0.2) is 77.3 Å². The molecule has 0 radical (unpaired) electrons. The van der Waals surface area contributed by atoms with Gasteiger partial charge in [-0.2, -0.15) is 0 Å². The number of carbonyl (C=O) groups is 1. The first kappa shape index (κ1) is 19.1. The minimum atomic E-state index is -0.347. The van der Waals surface area contributed by atoms with Crippen LogP contribution in [0.3, 0.4) is 0 Å². The zero-order chi connectivity index (χ0) is 20.4. The van der Waals surface area contributed by atoms with Gasteiger partial charge < -0.3 is 5.32 Å². The smallest absolute Gasteiger partial charge is 0.295 e. The highest BCUT2D eigenvalue weighted by atomic mass is 79.9. The third kappa shape index (κ3) is 4.27. The zero-order valence-corrected chi connectivity index (χ0v) is 17.6. The van der Waals surface area contributed by atoms with Gasteiger partial charge in [0.25, 0.3) is 5.91 Å². The summed E-state index contributed by atoms with van der Waals surface area (Å²) in [4.78, 5) is 17.4. The van der Waals surface area contributed by atoms with E-state index >= 15 is 0 Å². The van der Waals surface area contributed by atoms with Crippen LogP contribution in [0.4, 0.5) is 5.69 Å². The van der Waals surface area contributed by atoms with Gasteiger partial charge >= 0.3 is 0 Å². The molecule has 0 aliphatic rings. The van der Waals surface area contributed by atoms with Crippen molar-refractivity contribution < 1.29 is 4.79 Å². The van der Waals surface area contributed by atoms with Crippen LogP contribution in [0.1, 0.15) is 21.7 Å². The number of aryl methyl sites for hydroxylation is 2. The number of halogens is 1. The van der Waals surface area contributed by atoms with Crippen molar-refractivity contribution in [1.29, 1.82) is 0 Å². The van der Waals surface area contributed by atoms with E-state index in [2.05, 4.69) is 31.3 Å². The van der Waals surface area contributed by atoms with Crippen molar-refractivity contribution in [2.75, 3.05) is 5.32 Å². The number of amides is 1. The van der Waals surface area contributed by atoms with E-state index in [0.717, 1.165) is 26.9 Å². The summed E-state index contributed by atoms with van der Waals surface area (Å²) in [5.74, 6) is 0.376. The molecule has 0 unspecified atom stereocenters. The summed E-state index contributed by atoms with van der Waals surface area (Å²) >= 11 is 3.45. The Morgan fingerprint density at radius 2 is 1.66 bits per heavy atom. The molecule has 1 amide bonds. The molecule has 4 aromatic rings. The number of aromatic nitrogens is 3. The van der Waals surface area contributed by atoms with Gasteiger partial charge in [-0.3, -0.25) is 4.79 Å². The molecular weight excluding hydrogens is 428 g/mol. The van der Waals surface area contributed by atoms with E-state index in [9.17, 15) is 4.79 Å². The van der Waals surface area contributed by atoms with Crippen molar-refractivity contribution in [2.45, 2.75) is 13.8 Å². The van der Waals surface area contributed by atoms with Gasteiger partial charge in [-0.05, 0) is 55.8 Å². The average molecular weight is 447 g/mol. The van der Waals surface area contributed by atoms with Crippen LogP contribution in [0, 0.1) is 13.8 Å². The van der Waals surface area contributed by atoms with E-state index in [1.165, 1.54) is 0 Å². The maximum absolute atomic E-state index is 12.8. The number of hydrogen-bond acceptors (Lipinski definition) is 3. The lowest BCUT2D eigenvalue weighted by atomic mass is 10.2. The van der Waals surface area contributed by atoms with E-state index in [1.54, 1.807) is 4.68 Å². The molecule has 6 heteroatoms. The minimum Gasteiger partial charge on any atom is -0.319 e. The quantitative estimate of drug-likeness (QED) is 0.445. The number of hydrogen-bond donors (Lipinski definition) is 1. The lowest BCUT2D eigenvalue weighted by Gasteiger charge is -2.06. The Morgan fingerprint density at radius 1 is 0.931 bits per heavy atom. The molecule has 4 rings (SSSR count). The van der Waals surface area contributed by atoms with Crippen LogP contribution >= 0.6 is 15.9 Å². The Morgan fingerprint density at radius 3 is 2.34 bits per heavy atom. The second-order valence-electron chi connectivity index (χ2n) is 6.84. The van der Waals surface area contributed by atoms with Gasteiger partial charge in [-0.25, -0.2) is 9.67 Å². The maximum atomic E-state index is 12.8. The standard InChI is InChI=1S/C23H19BrN4O/c1-15-6-12-20(13-7-15)28-22(17-8-10-18(24)11-9-17)26-21(27-28)23(29)25-19-5-3-4-16(2)14-19/h3-14H,1-2H3,(H,25,29). The fourth-order valence-electron chi connectivity index (χ4n) is 2.97. The lowest BCUT2D eigenvalue weighted by molar-refractivity contribution is 0.101. The molecule has 144 valence electrons. The summed E-state index contributed by atoms with van der Waals surface area (Å²) in [6.45, 7) is 4.01. The van der Waals surface area contributed by atoms with Crippen LogP contribution in [-0.4, -0.2) is 20.7 Å². The van der Waals surface area contributed by atoms with Crippen molar-refractivity contribution in [3.63, 3.8) is 0 Å². The normalized spacial score (nSPS) is 10.7.